The third-order valence-electron chi connectivity index (χ3n) is 3.86. The molecule has 1 aromatic heterocycles. The Morgan fingerprint density at radius 2 is 1.96 bits per heavy atom. The molecule has 0 spiro atoms. The molecule has 5 N–H and O–H groups in total. The molecule has 0 aliphatic carbocycles. The molecule has 0 radical (unpaired) electrons. The number of nitrogens with zero attached hydrogens (tertiary/aromatic N) is 1. The summed E-state index contributed by atoms with van der Waals surface area (Å²) in [5.74, 6) is 0.178. The van der Waals surface area contributed by atoms with Gasteiger partial charge in [0.05, 0.1) is 12.8 Å². The van der Waals surface area contributed by atoms with Crippen molar-refractivity contribution in [2.75, 3.05) is 12.4 Å². The summed E-state index contributed by atoms with van der Waals surface area (Å²) in [6, 6.07) is 14.2. The van der Waals surface area contributed by atoms with E-state index in [9.17, 15) is 4.79 Å². The summed E-state index contributed by atoms with van der Waals surface area (Å²) < 4.78 is 10.9. The van der Waals surface area contributed by atoms with Crippen molar-refractivity contribution >= 4 is 34.2 Å². The molecule has 27 heavy (non-hydrogen) atoms. The van der Waals surface area contributed by atoms with Crippen molar-refractivity contribution in [1.82, 2.24) is 5.43 Å². The van der Waals surface area contributed by atoms with Crippen LogP contribution in [-0.2, 0) is 0 Å². The van der Waals surface area contributed by atoms with Crippen LogP contribution in [0.2, 0.25) is 0 Å². The Labute approximate surface area is 155 Å². The van der Waals surface area contributed by atoms with E-state index in [1.54, 1.807) is 50.4 Å². The second-order valence-corrected chi connectivity index (χ2v) is 5.74. The van der Waals surface area contributed by atoms with E-state index in [0.717, 1.165) is 10.9 Å². The summed E-state index contributed by atoms with van der Waals surface area (Å²) in [6.07, 6.45) is 0. The number of hydrogen-bond acceptors (Lipinski definition) is 5. The Bertz CT molecular complexity index is 1020. The van der Waals surface area contributed by atoms with Crippen molar-refractivity contribution in [2.45, 2.75) is 6.92 Å². The lowest BCUT2D eigenvalue weighted by atomic mass is 10.1. The molecule has 0 aliphatic heterocycles. The lowest BCUT2D eigenvalue weighted by Crippen LogP contribution is -2.26. The standard InChI is InChI=1S/C19H19N5O3/c1-11(23-24-19(20)21)12-6-8-14(9-7-12)22-18(25)16-10-13-4-3-5-15(26-2)17(13)27-16/h3-10H,1-2H3,(H,22,25)(H4,20,21,24)/b23-11+. The molecule has 8 nitrogen and oxygen atoms in total. The number of para-hydroxylation sites is 1. The number of nitrogens with one attached hydrogen (secondary N) is 3. The molecule has 8 heteroatoms. The molecule has 3 aromatic rings. The first-order valence-electron chi connectivity index (χ1n) is 8.10. The number of carbonyl (C=O) groups is 1. The molecule has 3 rings (SSSR count). The third kappa shape index (κ3) is 4.06. The highest BCUT2D eigenvalue weighted by molar-refractivity contribution is 6.05. The van der Waals surface area contributed by atoms with Crippen LogP contribution in [0.3, 0.4) is 0 Å². The number of anilines is 1. The van der Waals surface area contributed by atoms with Gasteiger partial charge in [0.25, 0.3) is 5.91 Å². The van der Waals surface area contributed by atoms with Crippen LogP contribution >= 0.6 is 0 Å². The number of guanidine groups is 1. The fourth-order valence-corrected chi connectivity index (χ4v) is 2.51. The fourth-order valence-electron chi connectivity index (χ4n) is 2.51. The van der Waals surface area contributed by atoms with Crippen LogP contribution in [0.25, 0.3) is 11.0 Å². The predicted octanol–water partition coefficient (Wildman–Crippen LogP) is 2.90. The first-order valence-corrected chi connectivity index (χ1v) is 8.10. The average molecular weight is 365 g/mol. The number of ether oxygens (including phenoxy) is 1. The van der Waals surface area contributed by atoms with Gasteiger partial charge >= 0.3 is 0 Å². The Kier molecular flexibility index (Phi) is 5.07. The van der Waals surface area contributed by atoms with Crippen LogP contribution in [0, 0.1) is 5.41 Å². The van der Waals surface area contributed by atoms with Gasteiger partial charge in [-0.3, -0.25) is 10.2 Å². The van der Waals surface area contributed by atoms with Gasteiger partial charge in [-0.1, -0.05) is 24.3 Å². The van der Waals surface area contributed by atoms with E-state index < -0.39 is 0 Å². The molecule has 0 atom stereocenters. The van der Waals surface area contributed by atoms with Gasteiger partial charge in [0.2, 0.25) is 5.96 Å². The highest BCUT2D eigenvalue weighted by Gasteiger charge is 2.15. The van der Waals surface area contributed by atoms with Crippen LogP contribution < -0.4 is 21.2 Å². The first kappa shape index (κ1) is 18.0. The molecule has 0 unspecified atom stereocenters. The van der Waals surface area contributed by atoms with Crippen molar-refractivity contribution < 1.29 is 13.9 Å². The minimum Gasteiger partial charge on any atom is -0.493 e. The maximum absolute atomic E-state index is 12.5. The summed E-state index contributed by atoms with van der Waals surface area (Å²) in [7, 11) is 1.55. The van der Waals surface area contributed by atoms with Crippen molar-refractivity contribution in [3.63, 3.8) is 0 Å². The fraction of sp³-hybridized carbons (Fsp3) is 0.105. The Morgan fingerprint density at radius 3 is 2.63 bits per heavy atom. The van der Waals surface area contributed by atoms with E-state index in [4.69, 9.17) is 20.3 Å². The molecule has 0 bridgehead atoms. The monoisotopic (exact) mass is 365 g/mol. The first-order chi connectivity index (χ1) is 13.0. The second kappa shape index (κ2) is 7.61. The maximum atomic E-state index is 12.5. The molecule has 0 fully saturated rings. The molecule has 1 amide bonds. The number of rotatable bonds is 5. The number of benzene rings is 2. The summed E-state index contributed by atoms with van der Waals surface area (Å²) >= 11 is 0. The van der Waals surface area contributed by atoms with Crippen LogP contribution in [0.15, 0.2) is 58.0 Å². The topological polar surface area (TPSA) is 126 Å². The number of hydrazone groups is 1. The quantitative estimate of drug-likeness (QED) is 0.314. The Balaban J connectivity index is 1.74. The molecule has 0 saturated heterocycles. The van der Waals surface area contributed by atoms with Gasteiger partial charge < -0.3 is 20.2 Å². The van der Waals surface area contributed by atoms with Gasteiger partial charge in [-0.2, -0.15) is 5.10 Å². The lowest BCUT2D eigenvalue weighted by molar-refractivity contribution is 0.0998. The van der Waals surface area contributed by atoms with Crippen LogP contribution in [0.4, 0.5) is 5.69 Å². The van der Waals surface area contributed by atoms with E-state index in [1.807, 2.05) is 12.1 Å². The minimum atomic E-state index is -0.357. The molecular weight excluding hydrogens is 346 g/mol. The molecule has 0 saturated carbocycles. The normalized spacial score (nSPS) is 11.3. The molecule has 0 aliphatic rings. The zero-order chi connectivity index (χ0) is 19.4. The number of nitrogens with two attached hydrogens (primary N) is 1. The van der Waals surface area contributed by atoms with Gasteiger partial charge in [0, 0.05) is 11.1 Å². The maximum Gasteiger partial charge on any atom is 0.291 e. The highest BCUT2D eigenvalue weighted by atomic mass is 16.5. The van der Waals surface area contributed by atoms with Crippen molar-refractivity contribution in [2.24, 2.45) is 10.8 Å². The number of carbonyl (C=O) groups excluding carboxylic acids is 1. The van der Waals surface area contributed by atoms with Gasteiger partial charge in [0.1, 0.15) is 0 Å². The van der Waals surface area contributed by atoms with Crippen LogP contribution in [-0.4, -0.2) is 24.7 Å². The zero-order valence-electron chi connectivity index (χ0n) is 14.9. The summed E-state index contributed by atoms with van der Waals surface area (Å²) in [4.78, 5) is 12.5. The summed E-state index contributed by atoms with van der Waals surface area (Å²) in [5, 5.41) is 14.7. The predicted molar refractivity (Wildman–Crippen MR) is 104 cm³/mol. The molecular formula is C19H19N5O3. The number of amides is 1. The number of furan rings is 1. The molecule has 1 heterocycles. The zero-order valence-corrected chi connectivity index (χ0v) is 14.9. The Hall–Kier alpha value is -3.81. The largest absolute Gasteiger partial charge is 0.493 e. The van der Waals surface area contributed by atoms with Gasteiger partial charge in [-0.25, -0.2) is 5.43 Å². The van der Waals surface area contributed by atoms with Crippen LogP contribution in [0.5, 0.6) is 5.75 Å². The van der Waals surface area contributed by atoms with E-state index >= 15 is 0 Å². The van der Waals surface area contributed by atoms with E-state index in [0.29, 0.717) is 22.7 Å². The summed E-state index contributed by atoms with van der Waals surface area (Å²) in [6.45, 7) is 1.78. The smallest absolute Gasteiger partial charge is 0.291 e. The van der Waals surface area contributed by atoms with Crippen molar-refractivity contribution in [3.05, 3.63) is 59.9 Å². The highest BCUT2D eigenvalue weighted by Crippen LogP contribution is 2.28. The number of fused-ring (bicyclic) bond motifs is 1. The Morgan fingerprint density at radius 1 is 1.22 bits per heavy atom. The molecule has 138 valence electrons. The minimum absolute atomic E-state index is 0.196. The van der Waals surface area contributed by atoms with E-state index in [-0.39, 0.29) is 17.6 Å². The number of methoxy groups -OCH3 is 1. The number of hydrogen-bond donors (Lipinski definition) is 4. The lowest BCUT2D eigenvalue weighted by Gasteiger charge is -2.06. The third-order valence-corrected chi connectivity index (χ3v) is 3.86. The van der Waals surface area contributed by atoms with E-state index in [2.05, 4.69) is 15.8 Å². The average Bonchev–Trinajstić information content (AvgIpc) is 3.11. The van der Waals surface area contributed by atoms with Gasteiger partial charge in [-0.05, 0) is 36.8 Å². The second-order valence-electron chi connectivity index (χ2n) is 5.74. The van der Waals surface area contributed by atoms with Crippen LogP contribution in [0.1, 0.15) is 23.0 Å². The van der Waals surface area contributed by atoms with Crippen molar-refractivity contribution in [3.8, 4) is 5.75 Å². The van der Waals surface area contributed by atoms with Gasteiger partial charge in [0.15, 0.2) is 17.1 Å². The molecule has 2 aromatic carbocycles. The van der Waals surface area contributed by atoms with E-state index in [1.165, 1.54) is 0 Å². The van der Waals surface area contributed by atoms with Crippen molar-refractivity contribution in [1.29, 1.82) is 5.41 Å². The van der Waals surface area contributed by atoms with Gasteiger partial charge in [-0.15, -0.1) is 0 Å². The summed E-state index contributed by atoms with van der Waals surface area (Å²) in [5.41, 5.74) is 10.2. The SMILES string of the molecule is COc1cccc2cc(C(=O)Nc3ccc(/C(C)=N/NC(=N)N)cc3)oc12.